The molecule has 17 heavy (non-hydrogen) atoms. The van der Waals surface area contributed by atoms with Gasteiger partial charge in [0.05, 0.1) is 0 Å². The minimum Gasteiger partial charge on any atom is -0.315 e. The standard InChI is InChI=1S/C12H24S3.2Y/c1-6-8-11(5)13-15-14-12(7-2)9-10(3)4;;/h8,10-11H,6-7,9H2,1-5H3;;/q-2;;. The zero-order chi connectivity index (χ0) is 11.7. The van der Waals surface area contributed by atoms with Crippen molar-refractivity contribution in [3.8, 4) is 0 Å². The van der Waals surface area contributed by atoms with Crippen LogP contribution in [0.4, 0.5) is 0 Å². The summed E-state index contributed by atoms with van der Waals surface area (Å²) in [5.41, 5.74) is 0. The SMILES string of the molecule is CC[CH-]C(C)SSS[C-](CC)CC(C)C.[Y].[Y]. The predicted octanol–water partition coefficient (Wildman–Crippen LogP) is 6.00. The molecule has 5 heteroatoms. The molecule has 0 aliphatic carbocycles. The summed E-state index contributed by atoms with van der Waals surface area (Å²) < 4.78 is 0. The van der Waals surface area contributed by atoms with E-state index < -0.39 is 0 Å². The number of hydrogen-bond acceptors (Lipinski definition) is 3. The molecule has 98 valence electrons. The van der Waals surface area contributed by atoms with Gasteiger partial charge in [0.2, 0.25) is 0 Å². The topological polar surface area (TPSA) is 0 Å². The van der Waals surface area contributed by atoms with Gasteiger partial charge in [-0.15, -0.1) is 16.0 Å². The zero-order valence-electron chi connectivity index (χ0n) is 11.7. The van der Waals surface area contributed by atoms with Crippen LogP contribution in [0.25, 0.3) is 0 Å². The summed E-state index contributed by atoms with van der Waals surface area (Å²) in [4.78, 5) is 0. The first-order valence-electron chi connectivity index (χ1n) is 5.78. The fraction of sp³-hybridized carbons (Fsp3) is 0.833. The fourth-order valence-corrected chi connectivity index (χ4v) is 6.15. The normalized spacial score (nSPS) is 12.2. The van der Waals surface area contributed by atoms with Crippen LogP contribution in [-0.2, 0) is 65.4 Å². The van der Waals surface area contributed by atoms with E-state index in [2.05, 4.69) is 41.0 Å². The van der Waals surface area contributed by atoms with Crippen molar-refractivity contribution in [2.75, 3.05) is 0 Å². The maximum Gasteiger partial charge on any atom is 0 e. The predicted molar refractivity (Wildman–Crippen MR) is 79.8 cm³/mol. The molecule has 1 unspecified atom stereocenters. The Morgan fingerprint density at radius 3 is 2.12 bits per heavy atom. The van der Waals surface area contributed by atoms with Crippen LogP contribution >= 0.6 is 31.4 Å². The summed E-state index contributed by atoms with van der Waals surface area (Å²) in [5.74, 6) is 0.790. The second-order valence-corrected chi connectivity index (χ2v) is 8.61. The van der Waals surface area contributed by atoms with Gasteiger partial charge in [-0.1, -0.05) is 50.4 Å². The molecule has 0 saturated heterocycles. The Hall–Kier alpha value is 3.26. The van der Waals surface area contributed by atoms with Gasteiger partial charge in [-0.25, -0.2) is 5.25 Å². The molecule has 0 rings (SSSR count). The quantitative estimate of drug-likeness (QED) is 0.318. The van der Waals surface area contributed by atoms with E-state index in [9.17, 15) is 0 Å². The van der Waals surface area contributed by atoms with Crippen molar-refractivity contribution in [1.29, 1.82) is 0 Å². The van der Waals surface area contributed by atoms with E-state index in [-0.39, 0.29) is 65.4 Å². The van der Waals surface area contributed by atoms with Gasteiger partial charge in [0.25, 0.3) is 0 Å². The van der Waals surface area contributed by atoms with Crippen LogP contribution in [0.3, 0.4) is 0 Å². The maximum atomic E-state index is 2.37. The molecule has 1 atom stereocenters. The molecule has 2 radical (unpaired) electrons. The summed E-state index contributed by atoms with van der Waals surface area (Å²) in [6, 6.07) is 0. The van der Waals surface area contributed by atoms with Gasteiger partial charge in [0, 0.05) is 65.4 Å². The summed E-state index contributed by atoms with van der Waals surface area (Å²) >= 11 is 0. The third kappa shape index (κ3) is 17.2. The molecule has 0 saturated carbocycles. The first-order chi connectivity index (χ1) is 7.10. The summed E-state index contributed by atoms with van der Waals surface area (Å²) in [5, 5.41) is 2.30. The van der Waals surface area contributed by atoms with Crippen molar-refractivity contribution in [3.05, 3.63) is 11.7 Å². The smallest absolute Gasteiger partial charge is 0 e. The van der Waals surface area contributed by atoms with E-state index in [1.807, 2.05) is 31.4 Å². The molecule has 0 spiro atoms. The van der Waals surface area contributed by atoms with E-state index in [0.717, 1.165) is 5.92 Å². The van der Waals surface area contributed by atoms with E-state index in [1.165, 1.54) is 19.3 Å². The number of hydrogen-bond donors (Lipinski definition) is 0. The van der Waals surface area contributed by atoms with Crippen LogP contribution in [0.2, 0.25) is 0 Å². The van der Waals surface area contributed by atoms with Gasteiger partial charge in [0.15, 0.2) is 0 Å². The second kappa shape index (κ2) is 17.3. The molecule has 0 aliphatic rings. The molecular formula is C12H24S3Y2-2. The Kier molecular flexibility index (Phi) is 25.7. The third-order valence-corrected chi connectivity index (χ3v) is 6.65. The van der Waals surface area contributed by atoms with Gasteiger partial charge in [-0.05, 0) is 0 Å². The Bertz CT molecular complexity index is 146. The first-order valence-corrected chi connectivity index (χ1v) is 9.32. The molecule has 0 N–H and O–H groups in total. The Balaban J connectivity index is -0.000000980. The zero-order valence-corrected chi connectivity index (χ0v) is 19.9. The first kappa shape index (κ1) is 25.2. The largest absolute Gasteiger partial charge is 0.315 e. The van der Waals surface area contributed by atoms with Crippen molar-refractivity contribution in [1.82, 2.24) is 0 Å². The monoisotopic (exact) mass is 442 g/mol. The van der Waals surface area contributed by atoms with Crippen LogP contribution in [0.1, 0.15) is 53.9 Å². The van der Waals surface area contributed by atoms with Crippen LogP contribution < -0.4 is 0 Å². The summed E-state index contributed by atoms with van der Waals surface area (Å²) in [6.45, 7) is 11.3. The molecule has 0 nitrogen and oxygen atoms in total. The van der Waals surface area contributed by atoms with Crippen molar-refractivity contribution in [3.63, 3.8) is 0 Å². The van der Waals surface area contributed by atoms with Crippen molar-refractivity contribution in [2.24, 2.45) is 5.92 Å². The van der Waals surface area contributed by atoms with Crippen molar-refractivity contribution < 1.29 is 65.4 Å². The molecule has 0 aliphatic heterocycles. The molecule has 0 aromatic heterocycles. The summed E-state index contributed by atoms with van der Waals surface area (Å²) in [6.07, 6.45) is 6.02. The Morgan fingerprint density at radius 1 is 1.12 bits per heavy atom. The minimum absolute atomic E-state index is 0. The van der Waals surface area contributed by atoms with Crippen LogP contribution in [0.5, 0.6) is 0 Å². The van der Waals surface area contributed by atoms with Gasteiger partial charge in [-0.3, -0.25) is 10.8 Å². The Labute approximate surface area is 171 Å². The molecular weight excluding hydrogens is 418 g/mol. The van der Waals surface area contributed by atoms with Gasteiger partial charge in [0.1, 0.15) is 0 Å². The Morgan fingerprint density at radius 2 is 1.71 bits per heavy atom. The molecule has 0 amide bonds. The molecule has 0 aromatic rings. The van der Waals surface area contributed by atoms with E-state index in [0.29, 0.717) is 5.25 Å². The van der Waals surface area contributed by atoms with Crippen LogP contribution in [0, 0.1) is 17.6 Å². The minimum atomic E-state index is 0. The molecule has 0 bridgehead atoms. The number of rotatable bonds is 9. The van der Waals surface area contributed by atoms with Crippen LogP contribution in [0.15, 0.2) is 0 Å². The molecule has 0 fully saturated rings. The fourth-order valence-electron chi connectivity index (χ4n) is 1.19. The van der Waals surface area contributed by atoms with Gasteiger partial charge in [-0.2, -0.15) is 19.3 Å². The molecule has 0 aromatic carbocycles. The average molecular weight is 442 g/mol. The van der Waals surface area contributed by atoms with Gasteiger partial charge < -0.3 is 6.42 Å². The van der Waals surface area contributed by atoms with Gasteiger partial charge >= 0.3 is 0 Å². The molecule has 0 heterocycles. The van der Waals surface area contributed by atoms with Crippen LogP contribution in [-0.4, -0.2) is 5.25 Å². The second-order valence-electron chi connectivity index (χ2n) is 4.09. The maximum absolute atomic E-state index is 2.37. The van der Waals surface area contributed by atoms with Crippen molar-refractivity contribution in [2.45, 2.75) is 59.1 Å². The van der Waals surface area contributed by atoms with E-state index in [1.54, 1.807) is 5.25 Å². The van der Waals surface area contributed by atoms with E-state index >= 15 is 0 Å². The average Bonchev–Trinajstić information content (AvgIpc) is 2.16. The third-order valence-electron chi connectivity index (χ3n) is 1.94. The van der Waals surface area contributed by atoms with Crippen molar-refractivity contribution >= 4 is 31.4 Å². The van der Waals surface area contributed by atoms with E-state index in [4.69, 9.17) is 0 Å². The summed E-state index contributed by atoms with van der Waals surface area (Å²) in [7, 11) is 5.90.